The van der Waals surface area contributed by atoms with E-state index in [4.69, 9.17) is 28.4 Å². The number of unbranched alkanes of at least 4 members (excludes halogenated alkanes) is 2. The van der Waals surface area contributed by atoms with Crippen LogP contribution in [0.2, 0.25) is 0 Å². The Hall–Kier alpha value is -1.05. The van der Waals surface area contributed by atoms with Crippen LogP contribution in [0.15, 0.2) is 0 Å². The number of nitrogens with one attached hydrogen (secondary N) is 1. The Bertz CT molecular complexity index is 1230. The lowest BCUT2D eigenvalue weighted by atomic mass is 9.72. The molecule has 2 unspecified atom stereocenters. The molecule has 3 aliphatic heterocycles. The highest BCUT2D eigenvalue weighted by molar-refractivity contribution is 5.73. The molecule has 0 spiro atoms. The third-order valence-corrected chi connectivity index (χ3v) is 13.3. The molecular formula is C42H80N2O13. The Morgan fingerprint density at radius 2 is 1.54 bits per heavy atom. The predicted octanol–water partition coefficient (Wildman–Crippen LogP) is 2.34. The number of aliphatic hydroxyl groups excluding tert-OH is 4. The van der Waals surface area contributed by atoms with Gasteiger partial charge in [-0.15, -0.1) is 0 Å². The first-order chi connectivity index (χ1) is 26.5. The molecule has 0 aliphatic carbocycles. The summed E-state index contributed by atoms with van der Waals surface area (Å²) in [4.78, 5) is 16.3. The van der Waals surface area contributed by atoms with E-state index in [1.807, 2.05) is 46.7 Å². The fraction of sp³-hybridized carbons (Fsp3) is 0.976. The number of methoxy groups -OCH3 is 1. The van der Waals surface area contributed by atoms with Crippen LogP contribution in [-0.4, -0.2) is 166 Å². The van der Waals surface area contributed by atoms with E-state index in [0.29, 0.717) is 19.4 Å². The molecule has 57 heavy (non-hydrogen) atoms. The van der Waals surface area contributed by atoms with E-state index in [2.05, 4.69) is 5.32 Å². The van der Waals surface area contributed by atoms with Gasteiger partial charge in [-0.3, -0.25) is 4.79 Å². The summed E-state index contributed by atoms with van der Waals surface area (Å²) in [6.07, 6.45) is -6.45. The number of carbonyl (C=O) groups excluding carboxylic acids is 1. The Morgan fingerprint density at radius 1 is 0.895 bits per heavy atom. The molecule has 336 valence electrons. The van der Waals surface area contributed by atoms with Gasteiger partial charge in [0.05, 0.1) is 47.6 Å². The normalized spacial score (nSPS) is 47.1. The van der Waals surface area contributed by atoms with E-state index in [0.717, 1.165) is 12.8 Å². The maximum atomic E-state index is 14.3. The minimum Gasteiger partial charge on any atom is -0.459 e. The molecule has 0 aromatic heterocycles. The number of cyclic esters (lactones) is 1. The first-order valence-corrected chi connectivity index (χ1v) is 21.3. The summed E-state index contributed by atoms with van der Waals surface area (Å²) in [7, 11) is 5.27. The molecule has 3 heterocycles. The number of likely N-dealkylation sites (N-methyl/N-ethyl adjacent to an activating group) is 1. The summed E-state index contributed by atoms with van der Waals surface area (Å²) in [5.41, 5.74) is -4.55. The van der Waals surface area contributed by atoms with Gasteiger partial charge in [-0.25, -0.2) is 0 Å². The van der Waals surface area contributed by atoms with Gasteiger partial charge in [0.1, 0.15) is 23.9 Å². The number of hydrogen-bond donors (Lipinski definition) is 7. The van der Waals surface area contributed by atoms with Crippen LogP contribution < -0.4 is 5.32 Å². The summed E-state index contributed by atoms with van der Waals surface area (Å²) in [5.74, 6) is -3.41. The van der Waals surface area contributed by atoms with Gasteiger partial charge in [-0.2, -0.15) is 0 Å². The molecule has 0 aromatic carbocycles. The number of hydrogen-bond acceptors (Lipinski definition) is 15. The van der Waals surface area contributed by atoms with Crippen molar-refractivity contribution in [2.75, 3.05) is 34.4 Å². The Labute approximate surface area is 342 Å². The van der Waals surface area contributed by atoms with Crippen molar-refractivity contribution < 1.29 is 63.9 Å². The minimum atomic E-state index is -1.85. The van der Waals surface area contributed by atoms with Gasteiger partial charge in [0.25, 0.3) is 0 Å². The Kier molecular flexibility index (Phi) is 18.7. The number of nitrogens with zero attached hydrogens (tertiary/aromatic N) is 1. The number of carbonyl (C=O) groups is 1. The molecule has 3 fully saturated rings. The molecule has 7 N–H and O–H groups in total. The second kappa shape index (κ2) is 21.2. The first kappa shape index (κ1) is 50.3. The minimum absolute atomic E-state index is 0.0910. The van der Waals surface area contributed by atoms with Crippen LogP contribution in [0.4, 0.5) is 0 Å². The molecule has 3 rings (SSSR count). The second-order valence-corrected chi connectivity index (χ2v) is 18.5. The topological polar surface area (TPSA) is 209 Å². The maximum Gasteiger partial charge on any atom is 0.311 e. The zero-order valence-electron chi connectivity index (χ0n) is 37.1. The van der Waals surface area contributed by atoms with Gasteiger partial charge in [-0.1, -0.05) is 27.7 Å². The average Bonchev–Trinajstić information content (AvgIpc) is 3.14. The van der Waals surface area contributed by atoms with Gasteiger partial charge in [-0.05, 0) is 107 Å². The van der Waals surface area contributed by atoms with Crippen LogP contribution in [-0.2, 0) is 33.2 Å². The molecule has 19 atom stereocenters. The summed E-state index contributed by atoms with van der Waals surface area (Å²) in [5, 5.41) is 72.3. The molecule has 0 bridgehead atoms. The zero-order valence-corrected chi connectivity index (χ0v) is 37.1. The molecule has 15 heteroatoms. The third-order valence-electron chi connectivity index (χ3n) is 13.3. The van der Waals surface area contributed by atoms with Gasteiger partial charge < -0.3 is 69.3 Å². The van der Waals surface area contributed by atoms with E-state index in [1.165, 1.54) is 14.0 Å². The van der Waals surface area contributed by atoms with Crippen LogP contribution in [0.1, 0.15) is 114 Å². The van der Waals surface area contributed by atoms with Gasteiger partial charge in [0.15, 0.2) is 12.6 Å². The Morgan fingerprint density at radius 3 is 2.12 bits per heavy atom. The molecule has 3 aliphatic rings. The van der Waals surface area contributed by atoms with E-state index >= 15 is 0 Å². The highest BCUT2D eigenvalue weighted by atomic mass is 16.7. The van der Waals surface area contributed by atoms with Crippen molar-refractivity contribution in [2.45, 2.75) is 204 Å². The molecule has 0 aromatic rings. The molecule has 3 saturated heterocycles. The van der Waals surface area contributed by atoms with Gasteiger partial charge in [0, 0.05) is 44.1 Å². The van der Waals surface area contributed by atoms with Crippen molar-refractivity contribution in [3.05, 3.63) is 0 Å². The van der Waals surface area contributed by atoms with E-state index in [9.17, 15) is 35.4 Å². The van der Waals surface area contributed by atoms with Crippen molar-refractivity contribution in [3.63, 3.8) is 0 Å². The quantitative estimate of drug-likeness (QED) is 0.105. The number of ether oxygens (including phenoxy) is 6. The van der Waals surface area contributed by atoms with Crippen molar-refractivity contribution in [3.8, 4) is 0 Å². The van der Waals surface area contributed by atoms with E-state index in [1.54, 1.807) is 34.6 Å². The lowest BCUT2D eigenvalue weighted by molar-refractivity contribution is -0.318. The first-order valence-electron chi connectivity index (χ1n) is 21.3. The van der Waals surface area contributed by atoms with E-state index < -0.39 is 102 Å². The monoisotopic (exact) mass is 821 g/mol. The summed E-state index contributed by atoms with van der Waals surface area (Å²) in [6, 6.07) is -0.733. The average molecular weight is 821 g/mol. The molecular weight excluding hydrogens is 740 g/mol. The third kappa shape index (κ3) is 12.1. The SMILES string of the molecule is CCC1OC(=O)[C@H](C)C(O[C@H]2C[C@@](C)(OC)[C@@H](O)[C@H](C)O2)[C@H](C)[C@@H](O[C@@H]2O[C@H](C)C[C@H](N(C)C)[C@H]2O)[C@](C)(O)C[C@@H](C)[C@H](NCCCCCO)[C@H](C)[C@@H](O)[C@]1(C)O. The van der Waals surface area contributed by atoms with E-state index in [-0.39, 0.29) is 43.9 Å². The molecule has 15 nitrogen and oxygen atoms in total. The molecule has 0 radical (unpaired) electrons. The van der Waals surface area contributed by atoms with Crippen molar-refractivity contribution in [1.29, 1.82) is 0 Å². The smallest absolute Gasteiger partial charge is 0.311 e. The van der Waals surface area contributed by atoms with Crippen LogP contribution in [0.25, 0.3) is 0 Å². The number of esters is 1. The highest BCUT2D eigenvalue weighted by Gasteiger charge is 2.53. The summed E-state index contributed by atoms with van der Waals surface area (Å²) < 4.78 is 37.8. The zero-order chi connectivity index (χ0) is 43.2. The molecule has 0 amide bonds. The largest absolute Gasteiger partial charge is 0.459 e. The Balaban J connectivity index is 2.20. The van der Waals surface area contributed by atoms with Crippen molar-refractivity contribution >= 4 is 5.97 Å². The maximum absolute atomic E-state index is 14.3. The fourth-order valence-electron chi connectivity index (χ4n) is 9.67. The number of aliphatic hydroxyl groups is 6. The van der Waals surface area contributed by atoms with Crippen LogP contribution >= 0.6 is 0 Å². The second-order valence-electron chi connectivity index (χ2n) is 18.5. The van der Waals surface area contributed by atoms with Gasteiger partial charge in [0.2, 0.25) is 0 Å². The summed E-state index contributed by atoms with van der Waals surface area (Å²) >= 11 is 0. The molecule has 0 saturated carbocycles. The summed E-state index contributed by atoms with van der Waals surface area (Å²) in [6.45, 7) is 18.2. The lowest BCUT2D eigenvalue weighted by Crippen LogP contribution is -2.62. The van der Waals surface area contributed by atoms with Crippen LogP contribution in [0, 0.1) is 23.7 Å². The van der Waals surface area contributed by atoms with Crippen molar-refractivity contribution in [1.82, 2.24) is 10.2 Å². The fourth-order valence-corrected chi connectivity index (χ4v) is 9.67. The van der Waals surface area contributed by atoms with Crippen LogP contribution in [0.5, 0.6) is 0 Å². The van der Waals surface area contributed by atoms with Gasteiger partial charge >= 0.3 is 5.97 Å². The highest BCUT2D eigenvalue weighted by Crippen LogP contribution is 2.41. The lowest BCUT2D eigenvalue weighted by Gasteiger charge is -2.49. The standard InChI is InChI=1S/C42H80N2O13/c1-14-30-42(10,51)35(47)25(4)32(43-18-16-15-17-19-45)23(2)21-40(8,50)37(57-39-33(46)29(44(11)12)20-24(3)53-39)26(5)34(27(6)38(49)55-30)56-31-22-41(9,52-13)36(48)28(7)54-31/h23-37,39,43,45-48,50-51H,14-22H2,1-13H3/t23-,24-,25+,26+,27-,28+,29+,30?,31+,32+,33-,34?,35-,36+,37-,39+,40-,41-,42-/m1/s1. The number of rotatable bonds is 13. The van der Waals surface area contributed by atoms with Crippen molar-refractivity contribution in [2.24, 2.45) is 23.7 Å². The van der Waals surface area contributed by atoms with Crippen LogP contribution in [0.3, 0.4) is 0 Å². The predicted molar refractivity (Wildman–Crippen MR) is 214 cm³/mol.